The largest absolute Gasteiger partial charge is 0.434 e. The molecule has 0 aliphatic carbocycles. The first-order chi connectivity index (χ1) is 13.2. The summed E-state index contributed by atoms with van der Waals surface area (Å²) in [4.78, 5) is 4.07. The number of pyridine rings is 1. The Morgan fingerprint density at radius 1 is 0.897 bits per heavy atom. The van der Waals surface area contributed by atoms with Crippen LogP contribution in [0.4, 0.5) is 32.2 Å². The fourth-order valence-electron chi connectivity index (χ4n) is 2.75. The van der Waals surface area contributed by atoms with Crippen molar-refractivity contribution < 1.29 is 26.3 Å². The van der Waals surface area contributed by atoms with E-state index in [0.717, 1.165) is 4.68 Å². The van der Waals surface area contributed by atoms with E-state index in [9.17, 15) is 26.3 Å². The van der Waals surface area contributed by atoms with Gasteiger partial charge in [-0.05, 0) is 18.2 Å². The third-order valence-electron chi connectivity index (χ3n) is 3.81. The average molecular weight is 478 g/mol. The van der Waals surface area contributed by atoms with Crippen molar-refractivity contribution in [1.29, 1.82) is 0 Å². The number of halogens is 9. The van der Waals surface area contributed by atoms with Crippen molar-refractivity contribution >= 4 is 51.5 Å². The van der Waals surface area contributed by atoms with Crippen LogP contribution in [0.5, 0.6) is 0 Å². The molecule has 0 radical (unpaired) electrons. The zero-order valence-corrected chi connectivity index (χ0v) is 16.7. The highest BCUT2D eigenvalue weighted by atomic mass is 35.5. The second kappa shape index (κ2) is 7.10. The molecule has 0 N–H and O–H groups in total. The lowest BCUT2D eigenvalue weighted by Gasteiger charge is -2.18. The van der Waals surface area contributed by atoms with Gasteiger partial charge in [0.25, 0.3) is 0 Å². The molecule has 0 saturated heterocycles. The number of aromatic nitrogens is 3. The van der Waals surface area contributed by atoms with Crippen molar-refractivity contribution in [3.63, 3.8) is 0 Å². The topological polar surface area (TPSA) is 34.0 Å². The predicted octanol–water partition coefficient (Wildman–Crippen LogP) is 6.48. The summed E-state index contributed by atoms with van der Waals surface area (Å²) in [5, 5.41) is 3.34. The molecule has 1 aromatic carbocycles. The zero-order valence-electron chi connectivity index (χ0n) is 14.4. The summed E-state index contributed by atoms with van der Waals surface area (Å²) in [5.74, 6) is -0.209. The second-order valence-corrected chi connectivity index (χ2v) is 7.34. The normalized spacial score (nSPS) is 12.7. The van der Waals surface area contributed by atoms with Gasteiger partial charge in [0.15, 0.2) is 5.69 Å². The summed E-state index contributed by atoms with van der Waals surface area (Å²) in [6.07, 6.45) is -10.3. The van der Waals surface area contributed by atoms with E-state index >= 15 is 0 Å². The number of benzene rings is 1. The number of fused-ring (bicyclic) bond motifs is 1. The van der Waals surface area contributed by atoms with Gasteiger partial charge < -0.3 is 4.90 Å². The van der Waals surface area contributed by atoms with E-state index in [4.69, 9.17) is 34.8 Å². The van der Waals surface area contributed by atoms with Crippen LogP contribution in [0.1, 0.15) is 11.4 Å². The number of alkyl halides is 6. The lowest BCUT2D eigenvalue weighted by atomic mass is 10.1. The molecular weight excluding hydrogens is 469 g/mol. The van der Waals surface area contributed by atoms with Crippen LogP contribution in [0.15, 0.2) is 18.2 Å². The molecule has 156 valence electrons. The van der Waals surface area contributed by atoms with Gasteiger partial charge in [0.05, 0.1) is 20.9 Å². The van der Waals surface area contributed by atoms with Crippen molar-refractivity contribution in [2.45, 2.75) is 12.4 Å². The number of hydrogen-bond donors (Lipinski definition) is 0. The molecular formula is C16H9Cl3F6N4. The summed E-state index contributed by atoms with van der Waals surface area (Å²) in [6, 6.07) is 2.99. The minimum absolute atomic E-state index is 0.0423. The molecule has 4 nitrogen and oxygen atoms in total. The highest BCUT2D eigenvalue weighted by molar-refractivity contribution is 6.40. The first kappa shape index (κ1) is 21.8. The molecule has 2 aromatic heterocycles. The highest BCUT2D eigenvalue weighted by Crippen LogP contribution is 2.43. The molecule has 0 unspecified atom stereocenters. The lowest BCUT2D eigenvalue weighted by Crippen LogP contribution is -2.18. The van der Waals surface area contributed by atoms with Crippen molar-refractivity contribution in [2.24, 2.45) is 0 Å². The highest BCUT2D eigenvalue weighted by Gasteiger charge is 2.42. The molecule has 0 atom stereocenters. The molecule has 3 aromatic rings. The average Bonchev–Trinajstić information content (AvgIpc) is 2.89. The molecule has 0 bridgehead atoms. The SMILES string of the molecule is CN(C)c1c2c(C(F)(F)F)nc(C(F)(F)F)cc2nn1-c1c(Cl)cc(Cl)cc1Cl. The van der Waals surface area contributed by atoms with Crippen molar-refractivity contribution in [1.82, 2.24) is 14.8 Å². The van der Waals surface area contributed by atoms with E-state index in [2.05, 4.69) is 10.1 Å². The van der Waals surface area contributed by atoms with Gasteiger partial charge in [-0.1, -0.05) is 34.8 Å². The Kier molecular flexibility index (Phi) is 5.34. The number of anilines is 1. The Morgan fingerprint density at radius 2 is 1.45 bits per heavy atom. The molecule has 0 aliphatic rings. The van der Waals surface area contributed by atoms with Crippen LogP contribution in [0, 0.1) is 0 Å². The second-order valence-electron chi connectivity index (χ2n) is 6.09. The predicted molar refractivity (Wildman–Crippen MR) is 98.2 cm³/mol. The van der Waals surface area contributed by atoms with Crippen LogP contribution in [-0.2, 0) is 12.4 Å². The summed E-state index contributed by atoms with van der Waals surface area (Å²) in [5.41, 5.74) is -4.07. The third-order valence-corrected chi connectivity index (χ3v) is 4.60. The molecule has 29 heavy (non-hydrogen) atoms. The van der Waals surface area contributed by atoms with E-state index in [1.807, 2.05) is 0 Å². The fourth-order valence-corrected chi connectivity index (χ4v) is 3.73. The minimum atomic E-state index is -5.17. The Labute approximate surface area is 174 Å². The van der Waals surface area contributed by atoms with Gasteiger partial charge in [0.2, 0.25) is 0 Å². The molecule has 0 aliphatic heterocycles. The van der Waals surface area contributed by atoms with Crippen LogP contribution in [0.25, 0.3) is 16.6 Å². The van der Waals surface area contributed by atoms with Crippen LogP contribution in [0.3, 0.4) is 0 Å². The Hall–Kier alpha value is -1.91. The van der Waals surface area contributed by atoms with Gasteiger partial charge in [0.1, 0.15) is 17.2 Å². The number of hydrogen-bond acceptors (Lipinski definition) is 3. The molecule has 0 amide bonds. The van der Waals surface area contributed by atoms with E-state index in [1.165, 1.54) is 31.1 Å². The van der Waals surface area contributed by atoms with Crippen molar-refractivity contribution in [2.75, 3.05) is 19.0 Å². The van der Waals surface area contributed by atoms with Gasteiger partial charge in [-0.15, -0.1) is 0 Å². The smallest absolute Gasteiger partial charge is 0.362 e. The van der Waals surface area contributed by atoms with Gasteiger partial charge >= 0.3 is 12.4 Å². The molecule has 0 saturated carbocycles. The molecule has 13 heteroatoms. The van der Waals surface area contributed by atoms with Crippen LogP contribution in [0.2, 0.25) is 15.1 Å². The molecule has 3 rings (SSSR count). The van der Waals surface area contributed by atoms with E-state index in [-0.39, 0.29) is 26.6 Å². The Balaban J connectivity index is 2.51. The van der Waals surface area contributed by atoms with Crippen LogP contribution >= 0.6 is 34.8 Å². The Morgan fingerprint density at radius 3 is 1.90 bits per heavy atom. The van der Waals surface area contributed by atoms with E-state index in [1.54, 1.807) is 0 Å². The molecule has 0 fully saturated rings. The maximum atomic E-state index is 13.6. The standard InChI is InChI=1S/C16H9Cl3F6N4/c1-28(2)14-11-9(5-10(15(20,21)22)26-13(11)16(23,24)25)27-29(14)12-7(18)3-6(17)4-8(12)19/h3-5H,1-2H3. The summed E-state index contributed by atoms with van der Waals surface area (Å²) in [6.45, 7) is 0. The summed E-state index contributed by atoms with van der Waals surface area (Å²) >= 11 is 18.1. The monoisotopic (exact) mass is 476 g/mol. The fraction of sp³-hybridized carbons (Fsp3) is 0.250. The van der Waals surface area contributed by atoms with Gasteiger partial charge in [0, 0.05) is 19.1 Å². The molecule has 0 spiro atoms. The minimum Gasteiger partial charge on any atom is -0.362 e. The quantitative estimate of drug-likeness (QED) is 0.396. The maximum absolute atomic E-state index is 13.6. The summed E-state index contributed by atoms with van der Waals surface area (Å²) in [7, 11) is 2.78. The van der Waals surface area contributed by atoms with E-state index in [0.29, 0.717) is 6.07 Å². The molecule has 2 heterocycles. The van der Waals surface area contributed by atoms with Crippen molar-refractivity contribution in [3.05, 3.63) is 44.7 Å². The zero-order chi connectivity index (χ0) is 21.9. The summed E-state index contributed by atoms with van der Waals surface area (Å²) < 4.78 is 81.1. The van der Waals surface area contributed by atoms with Crippen LogP contribution in [-0.4, -0.2) is 28.9 Å². The van der Waals surface area contributed by atoms with Gasteiger partial charge in [-0.25, -0.2) is 9.67 Å². The van der Waals surface area contributed by atoms with Gasteiger partial charge in [-0.3, -0.25) is 0 Å². The van der Waals surface area contributed by atoms with Crippen molar-refractivity contribution in [3.8, 4) is 5.69 Å². The Bertz CT molecular complexity index is 1080. The maximum Gasteiger partial charge on any atom is 0.434 e. The first-order valence-corrected chi connectivity index (χ1v) is 8.75. The van der Waals surface area contributed by atoms with Crippen LogP contribution < -0.4 is 4.90 Å². The number of nitrogens with zero attached hydrogens (tertiary/aromatic N) is 4. The van der Waals surface area contributed by atoms with E-state index < -0.39 is 34.6 Å². The van der Waals surface area contributed by atoms with Gasteiger partial charge in [-0.2, -0.15) is 31.4 Å². The number of rotatable bonds is 2. The first-order valence-electron chi connectivity index (χ1n) is 7.62. The lowest BCUT2D eigenvalue weighted by molar-refractivity contribution is -0.149. The third kappa shape index (κ3) is 3.93.